The highest BCUT2D eigenvalue weighted by atomic mass is 79.9. The van der Waals surface area contributed by atoms with Gasteiger partial charge in [-0.3, -0.25) is 0 Å². The summed E-state index contributed by atoms with van der Waals surface area (Å²) < 4.78 is 2.05. The summed E-state index contributed by atoms with van der Waals surface area (Å²) >= 11 is 3.59. The molecular formula is C12H17BrN2. The quantitative estimate of drug-likeness (QED) is 0.751. The molecule has 0 aliphatic carbocycles. The molecule has 0 aliphatic heterocycles. The van der Waals surface area contributed by atoms with Gasteiger partial charge in [0, 0.05) is 18.1 Å². The van der Waals surface area contributed by atoms with Crippen LogP contribution in [0.2, 0.25) is 0 Å². The zero-order valence-corrected chi connectivity index (χ0v) is 10.9. The average Bonchev–Trinajstić information content (AvgIpc) is 2.73. The number of alkyl halides is 1. The normalized spacial score (nSPS) is 11.3. The third-order valence-corrected chi connectivity index (χ3v) is 4.42. The highest BCUT2D eigenvalue weighted by molar-refractivity contribution is 9.09. The Bertz CT molecular complexity index is 336. The van der Waals surface area contributed by atoms with Crippen molar-refractivity contribution < 1.29 is 0 Å². The van der Waals surface area contributed by atoms with Gasteiger partial charge >= 0.3 is 0 Å². The maximum atomic E-state index is 8.94. The molecule has 1 aromatic heterocycles. The lowest BCUT2D eigenvalue weighted by Gasteiger charge is -2.30. The van der Waals surface area contributed by atoms with Gasteiger partial charge in [-0.25, -0.2) is 0 Å². The van der Waals surface area contributed by atoms with Crippen LogP contribution in [0.25, 0.3) is 0 Å². The van der Waals surface area contributed by atoms with Crippen molar-refractivity contribution in [3.8, 4) is 6.07 Å². The number of halogens is 1. The standard InChI is InChI=1S/C12H17BrN2/c1-3-12(4-2,9-13)10-15-7-5-6-11(15)8-14/h5-7H,3-4,9-10H2,1-2H3. The number of aromatic nitrogens is 1. The van der Waals surface area contributed by atoms with Crippen molar-refractivity contribution in [3.63, 3.8) is 0 Å². The molecule has 0 aromatic carbocycles. The van der Waals surface area contributed by atoms with Crippen LogP contribution in [0.15, 0.2) is 18.3 Å². The van der Waals surface area contributed by atoms with E-state index in [0.717, 1.165) is 30.4 Å². The minimum absolute atomic E-state index is 0.268. The molecule has 0 radical (unpaired) electrons. The van der Waals surface area contributed by atoms with Gasteiger partial charge < -0.3 is 4.57 Å². The number of nitrogens with zero attached hydrogens (tertiary/aromatic N) is 2. The Morgan fingerprint density at radius 3 is 2.60 bits per heavy atom. The SMILES string of the molecule is CCC(CC)(CBr)Cn1cccc1C#N. The second-order valence-corrected chi connectivity index (χ2v) is 4.53. The lowest BCUT2D eigenvalue weighted by atomic mass is 9.84. The van der Waals surface area contributed by atoms with Crippen LogP contribution in [0.1, 0.15) is 32.4 Å². The van der Waals surface area contributed by atoms with Crippen molar-refractivity contribution in [2.24, 2.45) is 5.41 Å². The highest BCUT2D eigenvalue weighted by Crippen LogP contribution is 2.31. The topological polar surface area (TPSA) is 28.7 Å². The predicted octanol–water partition coefficient (Wildman–Crippen LogP) is 3.56. The molecule has 0 fully saturated rings. The fourth-order valence-corrected chi connectivity index (χ4v) is 2.69. The van der Waals surface area contributed by atoms with E-state index >= 15 is 0 Å². The van der Waals surface area contributed by atoms with Crippen LogP contribution in [0.4, 0.5) is 0 Å². The predicted molar refractivity (Wildman–Crippen MR) is 66.0 cm³/mol. The van der Waals surface area contributed by atoms with Crippen LogP contribution in [0, 0.1) is 16.7 Å². The molecule has 1 heterocycles. The van der Waals surface area contributed by atoms with E-state index in [1.54, 1.807) is 0 Å². The van der Waals surface area contributed by atoms with E-state index in [0.29, 0.717) is 0 Å². The van der Waals surface area contributed by atoms with Gasteiger partial charge in [-0.2, -0.15) is 5.26 Å². The van der Waals surface area contributed by atoms with E-state index in [-0.39, 0.29) is 5.41 Å². The van der Waals surface area contributed by atoms with E-state index in [9.17, 15) is 0 Å². The molecule has 2 nitrogen and oxygen atoms in total. The van der Waals surface area contributed by atoms with Crippen LogP contribution < -0.4 is 0 Å². The molecule has 0 unspecified atom stereocenters. The van der Waals surface area contributed by atoms with Gasteiger partial charge in [0.2, 0.25) is 0 Å². The third kappa shape index (κ3) is 2.63. The van der Waals surface area contributed by atoms with Crippen molar-refractivity contribution in [3.05, 3.63) is 24.0 Å². The van der Waals surface area contributed by atoms with Gasteiger partial charge in [0.1, 0.15) is 11.8 Å². The molecule has 0 spiro atoms. The van der Waals surface area contributed by atoms with E-state index in [4.69, 9.17) is 5.26 Å². The lowest BCUT2D eigenvalue weighted by molar-refractivity contribution is 0.259. The summed E-state index contributed by atoms with van der Waals surface area (Å²) in [6.45, 7) is 5.34. The van der Waals surface area contributed by atoms with Gasteiger partial charge in [0.15, 0.2) is 0 Å². The van der Waals surface area contributed by atoms with Gasteiger partial charge in [0.25, 0.3) is 0 Å². The maximum Gasteiger partial charge on any atom is 0.120 e. The Kier molecular flexibility index (Phi) is 4.41. The fraction of sp³-hybridized carbons (Fsp3) is 0.583. The van der Waals surface area contributed by atoms with Gasteiger partial charge in [0.05, 0.1) is 0 Å². The van der Waals surface area contributed by atoms with Crippen molar-refractivity contribution in [2.75, 3.05) is 5.33 Å². The largest absolute Gasteiger partial charge is 0.339 e. The van der Waals surface area contributed by atoms with Crippen LogP contribution in [0.5, 0.6) is 0 Å². The molecule has 0 N–H and O–H groups in total. The fourth-order valence-electron chi connectivity index (χ4n) is 1.72. The summed E-state index contributed by atoms with van der Waals surface area (Å²) in [4.78, 5) is 0. The Morgan fingerprint density at radius 1 is 1.47 bits per heavy atom. The first kappa shape index (κ1) is 12.3. The van der Waals surface area contributed by atoms with Crippen molar-refractivity contribution in [1.29, 1.82) is 5.26 Å². The number of rotatable bonds is 5. The smallest absolute Gasteiger partial charge is 0.120 e. The Labute approximate surface area is 100 Å². The molecule has 1 aromatic rings. The molecule has 0 amide bonds. The molecule has 0 atom stereocenters. The summed E-state index contributed by atoms with van der Waals surface area (Å²) in [5.41, 5.74) is 1.02. The molecule has 15 heavy (non-hydrogen) atoms. The van der Waals surface area contributed by atoms with E-state index in [1.807, 2.05) is 22.9 Å². The third-order valence-electron chi connectivity index (χ3n) is 3.23. The second kappa shape index (κ2) is 5.37. The first-order chi connectivity index (χ1) is 7.21. The zero-order chi connectivity index (χ0) is 11.3. The molecule has 82 valence electrons. The first-order valence-electron chi connectivity index (χ1n) is 5.32. The summed E-state index contributed by atoms with van der Waals surface area (Å²) in [5.74, 6) is 0. The van der Waals surface area contributed by atoms with Crippen molar-refractivity contribution in [1.82, 2.24) is 4.57 Å². The molecule has 1 rings (SSSR count). The lowest BCUT2D eigenvalue weighted by Crippen LogP contribution is -2.27. The number of nitriles is 1. The Hall–Kier alpha value is -0.750. The minimum atomic E-state index is 0.268. The minimum Gasteiger partial charge on any atom is -0.339 e. The summed E-state index contributed by atoms with van der Waals surface area (Å²) in [6.07, 6.45) is 4.23. The van der Waals surface area contributed by atoms with Crippen LogP contribution in [-0.2, 0) is 6.54 Å². The molecule has 0 bridgehead atoms. The average molecular weight is 269 g/mol. The zero-order valence-electron chi connectivity index (χ0n) is 9.33. The van der Waals surface area contributed by atoms with Crippen LogP contribution in [0.3, 0.4) is 0 Å². The molecule has 0 saturated heterocycles. The molecule has 0 saturated carbocycles. The van der Waals surface area contributed by atoms with E-state index in [1.165, 1.54) is 0 Å². The second-order valence-electron chi connectivity index (χ2n) is 3.97. The van der Waals surface area contributed by atoms with Crippen molar-refractivity contribution in [2.45, 2.75) is 33.2 Å². The van der Waals surface area contributed by atoms with E-state index in [2.05, 4.69) is 35.8 Å². The molecule has 3 heteroatoms. The van der Waals surface area contributed by atoms with Crippen LogP contribution >= 0.6 is 15.9 Å². The summed E-state index contributed by atoms with van der Waals surface area (Å²) in [5, 5.41) is 9.92. The summed E-state index contributed by atoms with van der Waals surface area (Å²) in [6, 6.07) is 6.02. The van der Waals surface area contributed by atoms with Crippen molar-refractivity contribution >= 4 is 15.9 Å². The van der Waals surface area contributed by atoms with Gasteiger partial charge in [-0.15, -0.1) is 0 Å². The van der Waals surface area contributed by atoms with Gasteiger partial charge in [-0.05, 0) is 30.4 Å². The highest BCUT2D eigenvalue weighted by Gasteiger charge is 2.25. The number of hydrogen-bond donors (Lipinski definition) is 0. The van der Waals surface area contributed by atoms with Gasteiger partial charge in [-0.1, -0.05) is 29.8 Å². The first-order valence-corrected chi connectivity index (χ1v) is 6.44. The van der Waals surface area contributed by atoms with E-state index < -0.39 is 0 Å². The monoisotopic (exact) mass is 268 g/mol. The number of hydrogen-bond acceptors (Lipinski definition) is 1. The summed E-state index contributed by atoms with van der Waals surface area (Å²) in [7, 11) is 0. The maximum absolute atomic E-state index is 8.94. The molecule has 0 aliphatic rings. The Balaban J connectivity index is 2.88. The van der Waals surface area contributed by atoms with Crippen LogP contribution in [-0.4, -0.2) is 9.90 Å². The Morgan fingerprint density at radius 2 is 2.13 bits per heavy atom. The molecular weight excluding hydrogens is 252 g/mol.